The van der Waals surface area contributed by atoms with Crippen LogP contribution in [0.1, 0.15) is 138 Å². The molecule has 0 aromatic heterocycles. The molecule has 0 amide bonds. The van der Waals surface area contributed by atoms with E-state index in [4.69, 9.17) is 29.2 Å². The van der Waals surface area contributed by atoms with E-state index in [0.717, 1.165) is 62.5 Å². The number of unbranched alkanes of at least 4 members (excludes halogenated alkanes) is 6. The second-order valence-corrected chi connectivity index (χ2v) is 14.1. The Kier molecular flexibility index (Phi) is 22.4. The first-order valence-electron chi connectivity index (χ1n) is 20.8. The van der Waals surface area contributed by atoms with Crippen molar-refractivity contribution in [1.82, 2.24) is 0 Å². The Morgan fingerprint density at radius 2 is 0.734 bits per heavy atom. The average Bonchev–Trinajstić information content (AvgIpc) is 3.30. The average molecular weight is 879 g/mol. The molecule has 0 spiro atoms. The number of phenols is 2. The monoisotopic (exact) mass is 878 g/mol. The number of rotatable bonds is 20. The molecule has 0 saturated carbocycles. The predicted octanol–water partition coefficient (Wildman–Crippen LogP) is 10.1. The number of aromatic carboxylic acids is 2. The van der Waals surface area contributed by atoms with E-state index in [-0.39, 0.29) is 58.1 Å². The highest BCUT2D eigenvalue weighted by Crippen LogP contribution is 2.21. The normalized spacial score (nSPS) is 10.2. The lowest BCUT2D eigenvalue weighted by atomic mass is 10.1. The lowest BCUT2D eigenvalue weighted by molar-refractivity contribution is 0.0425. The topological polar surface area (TPSA) is 220 Å². The van der Waals surface area contributed by atoms with Crippen LogP contribution in [0.4, 0.5) is 0 Å². The Bertz CT molecular complexity index is 2240. The summed E-state index contributed by atoms with van der Waals surface area (Å²) < 4.78 is 21.0. The molecule has 4 N–H and O–H groups in total. The van der Waals surface area contributed by atoms with Crippen LogP contribution in [-0.4, -0.2) is 69.5 Å². The summed E-state index contributed by atoms with van der Waals surface area (Å²) in [6.07, 6.45) is 8.01. The lowest BCUT2D eigenvalue weighted by Gasteiger charge is -2.10. The van der Waals surface area contributed by atoms with E-state index in [9.17, 15) is 39.0 Å². The molecule has 0 aliphatic rings. The molecule has 0 atom stereocenters. The second kappa shape index (κ2) is 28.2. The number of esters is 4. The van der Waals surface area contributed by atoms with Crippen molar-refractivity contribution in [1.29, 1.82) is 0 Å². The minimum Gasteiger partial charge on any atom is -0.508 e. The molecule has 338 valence electrons. The Morgan fingerprint density at radius 1 is 0.391 bits per heavy atom. The van der Waals surface area contributed by atoms with Crippen molar-refractivity contribution in [3.63, 3.8) is 0 Å². The number of carbonyl (C=O) groups is 6. The van der Waals surface area contributed by atoms with Crippen LogP contribution in [0.3, 0.4) is 0 Å². The van der Waals surface area contributed by atoms with Gasteiger partial charge < -0.3 is 39.4 Å². The first-order valence-corrected chi connectivity index (χ1v) is 20.8. The summed E-state index contributed by atoms with van der Waals surface area (Å²) in [5.41, 5.74) is 1.46. The van der Waals surface area contributed by atoms with E-state index in [1.165, 1.54) is 60.7 Å². The molecule has 0 heterocycles. The molecule has 0 radical (unpaired) electrons. The molecule has 5 aromatic rings. The summed E-state index contributed by atoms with van der Waals surface area (Å²) in [5.74, 6) is -5.22. The van der Waals surface area contributed by atoms with Gasteiger partial charge >= 0.3 is 35.8 Å². The van der Waals surface area contributed by atoms with Crippen LogP contribution in [0, 0.1) is 0 Å². The summed E-state index contributed by atoms with van der Waals surface area (Å²) in [6, 6.07) is 31.8. The van der Waals surface area contributed by atoms with Crippen LogP contribution in [0.2, 0.25) is 0 Å². The maximum atomic E-state index is 12.4. The van der Waals surface area contributed by atoms with Gasteiger partial charge in [0, 0.05) is 0 Å². The van der Waals surface area contributed by atoms with E-state index in [1.807, 2.05) is 60.7 Å². The van der Waals surface area contributed by atoms with Crippen molar-refractivity contribution in [3.05, 3.63) is 166 Å². The summed E-state index contributed by atoms with van der Waals surface area (Å²) in [5, 5.41) is 36.4. The van der Waals surface area contributed by atoms with Crippen molar-refractivity contribution in [2.75, 3.05) is 13.2 Å². The maximum absolute atomic E-state index is 12.4. The second-order valence-electron chi connectivity index (χ2n) is 14.1. The number of benzene rings is 5. The summed E-state index contributed by atoms with van der Waals surface area (Å²) in [6.45, 7) is 5.00. The number of aromatic hydroxyl groups is 2. The largest absolute Gasteiger partial charge is 0.508 e. The van der Waals surface area contributed by atoms with Crippen molar-refractivity contribution in [3.8, 4) is 11.5 Å². The fourth-order valence-electron chi connectivity index (χ4n) is 5.76. The van der Waals surface area contributed by atoms with Gasteiger partial charge in [0.2, 0.25) is 0 Å². The summed E-state index contributed by atoms with van der Waals surface area (Å²) >= 11 is 0. The van der Waals surface area contributed by atoms with Crippen LogP contribution in [-0.2, 0) is 32.2 Å². The van der Waals surface area contributed by atoms with Crippen LogP contribution in [0.25, 0.3) is 0 Å². The Balaban J connectivity index is 0.000000273. The predicted molar refractivity (Wildman–Crippen MR) is 237 cm³/mol. The lowest BCUT2D eigenvalue weighted by Crippen LogP contribution is -2.15. The quantitative estimate of drug-likeness (QED) is 0.0325. The maximum Gasteiger partial charge on any atom is 0.339 e. The molecule has 5 aromatic carbocycles. The minimum atomic E-state index is -1.23. The Morgan fingerprint density at radius 3 is 1.11 bits per heavy atom. The number of hydrogen-bond donors (Lipinski definition) is 4. The molecule has 0 aliphatic carbocycles. The first-order chi connectivity index (χ1) is 30.9. The van der Waals surface area contributed by atoms with E-state index in [1.54, 1.807) is 0 Å². The smallest absolute Gasteiger partial charge is 0.339 e. The number of hydrogen-bond acceptors (Lipinski definition) is 12. The third-order valence-corrected chi connectivity index (χ3v) is 9.16. The zero-order chi connectivity index (χ0) is 46.7. The number of ether oxygens (including phenoxy) is 4. The minimum absolute atomic E-state index is 0.0380. The molecular weight excluding hydrogens is 825 g/mol. The van der Waals surface area contributed by atoms with Crippen molar-refractivity contribution >= 4 is 35.8 Å². The molecule has 0 saturated heterocycles. The fourth-order valence-corrected chi connectivity index (χ4v) is 5.76. The molecule has 0 fully saturated rings. The van der Waals surface area contributed by atoms with Gasteiger partial charge in [0.1, 0.15) is 24.7 Å². The van der Waals surface area contributed by atoms with Gasteiger partial charge in [-0.3, -0.25) is 0 Å². The first kappa shape index (κ1) is 50.9. The zero-order valence-corrected chi connectivity index (χ0v) is 35.9. The third kappa shape index (κ3) is 17.9. The van der Waals surface area contributed by atoms with Crippen LogP contribution < -0.4 is 0 Å². The van der Waals surface area contributed by atoms with Gasteiger partial charge in [0.15, 0.2) is 0 Å². The third-order valence-electron chi connectivity index (χ3n) is 9.16. The van der Waals surface area contributed by atoms with E-state index in [2.05, 4.69) is 13.8 Å². The van der Waals surface area contributed by atoms with Crippen molar-refractivity contribution < 1.29 is 68.1 Å². The molecule has 0 aliphatic heterocycles. The highest BCUT2D eigenvalue weighted by molar-refractivity contribution is 6.04. The molecule has 14 heteroatoms. The van der Waals surface area contributed by atoms with Gasteiger partial charge in [0.25, 0.3) is 0 Å². The number of carboxylic acids is 2. The van der Waals surface area contributed by atoms with Crippen LogP contribution in [0.15, 0.2) is 121 Å². The number of phenolic OH excluding ortho intramolecular Hbond substituents is 2. The molecule has 14 nitrogen and oxygen atoms in total. The van der Waals surface area contributed by atoms with Gasteiger partial charge in [-0.2, -0.15) is 0 Å². The molecule has 0 bridgehead atoms. The zero-order valence-electron chi connectivity index (χ0n) is 35.9. The van der Waals surface area contributed by atoms with Gasteiger partial charge in [-0.25, -0.2) is 28.8 Å². The summed E-state index contributed by atoms with van der Waals surface area (Å²) in [7, 11) is 0. The van der Waals surface area contributed by atoms with Gasteiger partial charge in [-0.15, -0.1) is 0 Å². The fraction of sp³-hybridized carbons (Fsp3) is 0.280. The highest BCUT2D eigenvalue weighted by atomic mass is 16.5. The molecule has 0 unspecified atom stereocenters. The van der Waals surface area contributed by atoms with Crippen LogP contribution >= 0.6 is 0 Å². The standard InChI is InChI=1S/C22H18O5.C20H30O5.C8H6O4/c23-18-11-12-19(21(24)26-14-16-7-3-1-4-8-16)20(13-18)22(25)27-15-17-9-5-2-6-10-17;1-3-5-7-9-13-24-19(22)17-12-11-16(21)15-18(17)20(23)25-14-10-8-6-4-2;9-7(10)5-3-1-2-4-6(5)8(11)12/h1-13,23H,14-15H2;11-12,15,21H,3-10,13-14H2,1-2H3;1-4H,(H,9,10)(H,11,12). The number of carbonyl (C=O) groups excluding carboxylic acids is 4. The van der Waals surface area contributed by atoms with Gasteiger partial charge in [-0.05, 0) is 72.5 Å². The van der Waals surface area contributed by atoms with Crippen molar-refractivity contribution in [2.45, 2.75) is 78.4 Å². The Labute approximate surface area is 372 Å². The number of carboxylic acid groups (broad SMARTS) is 2. The van der Waals surface area contributed by atoms with Gasteiger partial charge in [0.05, 0.1) is 46.6 Å². The van der Waals surface area contributed by atoms with Crippen LogP contribution in [0.5, 0.6) is 11.5 Å². The molecule has 64 heavy (non-hydrogen) atoms. The van der Waals surface area contributed by atoms with E-state index >= 15 is 0 Å². The van der Waals surface area contributed by atoms with Crippen molar-refractivity contribution in [2.24, 2.45) is 0 Å². The van der Waals surface area contributed by atoms with E-state index < -0.39 is 35.8 Å². The highest BCUT2D eigenvalue weighted by Gasteiger charge is 2.22. The van der Waals surface area contributed by atoms with Gasteiger partial charge in [-0.1, -0.05) is 125 Å². The molecular formula is C50H54O14. The Hall–Kier alpha value is -7.48. The SMILES string of the molecule is CCCCCCOC(=O)c1ccc(O)cc1C(=O)OCCCCCC.O=C(O)c1ccccc1C(=O)O.O=C(OCc1ccccc1)c1ccc(O)cc1C(=O)OCc1ccccc1. The molecule has 5 rings (SSSR count). The summed E-state index contributed by atoms with van der Waals surface area (Å²) in [4.78, 5) is 70.2. The van der Waals surface area contributed by atoms with E-state index in [0.29, 0.717) is 13.2 Å².